The number of aromatic nitrogens is 1. The smallest absolute Gasteiger partial charge is 0.0930 e. The van der Waals surface area contributed by atoms with Crippen LogP contribution in [0.15, 0.2) is 16.9 Å². The van der Waals surface area contributed by atoms with Crippen LogP contribution < -0.4 is 5.73 Å². The van der Waals surface area contributed by atoms with Gasteiger partial charge >= 0.3 is 0 Å². The fraction of sp³-hybridized carbons (Fsp3) is 0.375. The van der Waals surface area contributed by atoms with Crippen LogP contribution in [-0.2, 0) is 0 Å². The van der Waals surface area contributed by atoms with Crippen molar-refractivity contribution in [3.63, 3.8) is 0 Å². The lowest BCUT2D eigenvalue weighted by Gasteiger charge is -2.11. The second-order valence-electron chi connectivity index (χ2n) is 2.59. The van der Waals surface area contributed by atoms with Gasteiger partial charge in [-0.2, -0.15) is 0 Å². The average molecular weight is 231 g/mol. The molecule has 4 heteroatoms. The maximum Gasteiger partial charge on any atom is 0.0930 e. The summed E-state index contributed by atoms with van der Waals surface area (Å²) in [4.78, 5) is 3.95. The molecule has 0 aromatic carbocycles. The Bertz CT molecular complexity index is 278. The standard InChI is InChI=1S/C8H11BrN2O/c1-5-6(8(12)2-10)3-11-4-7(5)9/h3-4,8,12H,2,10H2,1H3. The van der Waals surface area contributed by atoms with E-state index in [-0.39, 0.29) is 6.54 Å². The molecule has 0 fully saturated rings. The predicted octanol–water partition coefficient (Wildman–Crippen LogP) is 1.14. The summed E-state index contributed by atoms with van der Waals surface area (Å²) in [7, 11) is 0. The van der Waals surface area contributed by atoms with Gasteiger partial charge in [0.25, 0.3) is 0 Å². The minimum Gasteiger partial charge on any atom is -0.387 e. The van der Waals surface area contributed by atoms with Gasteiger partial charge in [-0.05, 0) is 28.4 Å². The Labute approximate surface area is 79.7 Å². The Morgan fingerprint density at radius 3 is 2.92 bits per heavy atom. The summed E-state index contributed by atoms with van der Waals surface area (Å²) in [5.74, 6) is 0. The van der Waals surface area contributed by atoms with E-state index in [4.69, 9.17) is 5.73 Å². The van der Waals surface area contributed by atoms with Crippen LogP contribution in [0.2, 0.25) is 0 Å². The Balaban J connectivity index is 3.07. The number of halogens is 1. The molecule has 0 bridgehead atoms. The maximum atomic E-state index is 9.45. The van der Waals surface area contributed by atoms with Gasteiger partial charge in [-0.15, -0.1) is 0 Å². The number of hydrogen-bond donors (Lipinski definition) is 2. The Kier molecular flexibility index (Phi) is 3.20. The second kappa shape index (κ2) is 3.98. The van der Waals surface area contributed by atoms with Crippen LogP contribution in [0.25, 0.3) is 0 Å². The van der Waals surface area contributed by atoms with Gasteiger partial charge in [0, 0.05) is 29.0 Å². The lowest BCUT2D eigenvalue weighted by atomic mass is 10.1. The molecular weight excluding hydrogens is 220 g/mol. The van der Waals surface area contributed by atoms with Crippen LogP contribution in [0.1, 0.15) is 17.2 Å². The molecule has 3 N–H and O–H groups in total. The topological polar surface area (TPSA) is 59.1 Å². The first-order valence-corrected chi connectivity index (χ1v) is 4.44. The van der Waals surface area contributed by atoms with Gasteiger partial charge in [-0.25, -0.2) is 0 Å². The quantitative estimate of drug-likeness (QED) is 0.802. The molecule has 1 unspecified atom stereocenters. The molecule has 1 aromatic rings. The van der Waals surface area contributed by atoms with Crippen LogP contribution in [-0.4, -0.2) is 16.6 Å². The number of rotatable bonds is 2. The number of hydrogen-bond acceptors (Lipinski definition) is 3. The molecule has 0 radical (unpaired) electrons. The summed E-state index contributed by atoms with van der Waals surface area (Å²) in [6.45, 7) is 2.14. The summed E-state index contributed by atoms with van der Waals surface area (Å²) in [6, 6.07) is 0. The molecular formula is C8H11BrN2O. The minimum absolute atomic E-state index is 0.221. The van der Waals surface area contributed by atoms with Crippen molar-refractivity contribution in [3.05, 3.63) is 28.0 Å². The third-order valence-corrected chi connectivity index (χ3v) is 2.57. The lowest BCUT2D eigenvalue weighted by molar-refractivity contribution is 0.185. The SMILES string of the molecule is Cc1c(Br)cncc1C(O)CN. The van der Waals surface area contributed by atoms with Crippen molar-refractivity contribution in [2.45, 2.75) is 13.0 Å². The molecule has 66 valence electrons. The molecule has 0 saturated heterocycles. The van der Waals surface area contributed by atoms with Gasteiger partial charge in [-0.3, -0.25) is 4.98 Å². The van der Waals surface area contributed by atoms with Crippen molar-refractivity contribution in [1.82, 2.24) is 4.98 Å². The largest absolute Gasteiger partial charge is 0.387 e. The van der Waals surface area contributed by atoms with Crippen molar-refractivity contribution in [3.8, 4) is 0 Å². The van der Waals surface area contributed by atoms with E-state index in [0.29, 0.717) is 0 Å². The summed E-state index contributed by atoms with van der Waals surface area (Å²) >= 11 is 3.33. The number of pyridine rings is 1. The molecule has 12 heavy (non-hydrogen) atoms. The molecule has 0 aliphatic heterocycles. The summed E-state index contributed by atoms with van der Waals surface area (Å²) in [6.07, 6.45) is 2.72. The van der Waals surface area contributed by atoms with Crippen molar-refractivity contribution < 1.29 is 5.11 Å². The highest BCUT2D eigenvalue weighted by atomic mass is 79.9. The average Bonchev–Trinajstić information content (AvgIpc) is 2.08. The molecule has 1 aromatic heterocycles. The molecule has 1 heterocycles. The van der Waals surface area contributed by atoms with E-state index < -0.39 is 6.10 Å². The van der Waals surface area contributed by atoms with E-state index in [9.17, 15) is 5.11 Å². The van der Waals surface area contributed by atoms with E-state index >= 15 is 0 Å². The zero-order chi connectivity index (χ0) is 9.14. The first kappa shape index (κ1) is 9.64. The normalized spacial score (nSPS) is 13.0. The fourth-order valence-electron chi connectivity index (χ4n) is 0.977. The van der Waals surface area contributed by atoms with Crippen molar-refractivity contribution in [2.75, 3.05) is 6.54 Å². The third kappa shape index (κ3) is 1.83. The van der Waals surface area contributed by atoms with Crippen LogP contribution in [0.4, 0.5) is 0 Å². The molecule has 0 aliphatic carbocycles. The summed E-state index contributed by atoms with van der Waals surface area (Å²) in [5.41, 5.74) is 7.10. The molecule has 0 aliphatic rings. The fourth-order valence-corrected chi connectivity index (χ4v) is 1.32. The van der Waals surface area contributed by atoms with Gasteiger partial charge in [0.05, 0.1) is 6.10 Å². The molecule has 0 spiro atoms. The van der Waals surface area contributed by atoms with Crippen LogP contribution in [0.3, 0.4) is 0 Å². The Hall–Kier alpha value is -0.450. The van der Waals surface area contributed by atoms with E-state index in [1.54, 1.807) is 12.4 Å². The highest BCUT2D eigenvalue weighted by Gasteiger charge is 2.09. The zero-order valence-electron chi connectivity index (χ0n) is 6.79. The number of aliphatic hydroxyl groups is 1. The molecule has 3 nitrogen and oxygen atoms in total. The lowest BCUT2D eigenvalue weighted by Crippen LogP contribution is -2.13. The monoisotopic (exact) mass is 230 g/mol. The van der Waals surface area contributed by atoms with E-state index in [2.05, 4.69) is 20.9 Å². The highest BCUT2D eigenvalue weighted by Crippen LogP contribution is 2.22. The maximum absolute atomic E-state index is 9.45. The van der Waals surface area contributed by atoms with Crippen molar-refractivity contribution >= 4 is 15.9 Å². The summed E-state index contributed by atoms with van der Waals surface area (Å²) in [5, 5.41) is 9.45. The molecule has 1 atom stereocenters. The number of nitrogens with zero attached hydrogens (tertiary/aromatic N) is 1. The first-order valence-electron chi connectivity index (χ1n) is 3.65. The van der Waals surface area contributed by atoms with E-state index in [1.165, 1.54) is 0 Å². The molecule has 0 saturated carbocycles. The van der Waals surface area contributed by atoms with Gasteiger partial charge in [-0.1, -0.05) is 0 Å². The molecule has 0 amide bonds. The van der Waals surface area contributed by atoms with Crippen LogP contribution in [0.5, 0.6) is 0 Å². The van der Waals surface area contributed by atoms with Crippen LogP contribution >= 0.6 is 15.9 Å². The number of nitrogens with two attached hydrogens (primary N) is 1. The van der Waals surface area contributed by atoms with E-state index in [0.717, 1.165) is 15.6 Å². The first-order chi connectivity index (χ1) is 5.66. The predicted molar refractivity (Wildman–Crippen MR) is 50.7 cm³/mol. The molecule has 1 rings (SSSR count). The highest BCUT2D eigenvalue weighted by molar-refractivity contribution is 9.10. The van der Waals surface area contributed by atoms with Crippen molar-refractivity contribution in [2.24, 2.45) is 5.73 Å². The third-order valence-electron chi connectivity index (χ3n) is 1.78. The van der Waals surface area contributed by atoms with Gasteiger partial charge in [0.2, 0.25) is 0 Å². The van der Waals surface area contributed by atoms with Crippen LogP contribution in [0, 0.1) is 6.92 Å². The summed E-state index contributed by atoms with van der Waals surface area (Å²) < 4.78 is 0.896. The minimum atomic E-state index is -0.616. The second-order valence-corrected chi connectivity index (χ2v) is 3.44. The van der Waals surface area contributed by atoms with Gasteiger partial charge in [0.15, 0.2) is 0 Å². The number of aliphatic hydroxyl groups excluding tert-OH is 1. The van der Waals surface area contributed by atoms with Crippen molar-refractivity contribution in [1.29, 1.82) is 0 Å². The Morgan fingerprint density at radius 1 is 1.67 bits per heavy atom. The zero-order valence-corrected chi connectivity index (χ0v) is 8.37. The van der Waals surface area contributed by atoms with E-state index in [1.807, 2.05) is 6.92 Å². The van der Waals surface area contributed by atoms with Gasteiger partial charge < -0.3 is 10.8 Å². The van der Waals surface area contributed by atoms with Gasteiger partial charge in [0.1, 0.15) is 0 Å². The Morgan fingerprint density at radius 2 is 2.33 bits per heavy atom.